The number of nitrogens with two attached hydrogens (primary N) is 1. The van der Waals surface area contributed by atoms with Gasteiger partial charge in [-0.3, -0.25) is 0 Å². The molecule has 0 saturated carbocycles. The van der Waals surface area contributed by atoms with E-state index in [4.69, 9.17) is 5.73 Å². The standard InChI is InChI=1S/C9H12FNO/c1-9(12,6-11)7-4-2-3-5-8(7)10/h2-5,12H,6,11H2,1H3/t9-/m1/s1. The third-order valence-electron chi connectivity index (χ3n) is 1.85. The first kappa shape index (κ1) is 9.16. The van der Waals surface area contributed by atoms with E-state index in [2.05, 4.69) is 0 Å². The molecule has 1 aromatic carbocycles. The van der Waals surface area contributed by atoms with Crippen molar-refractivity contribution < 1.29 is 9.50 Å². The Morgan fingerprint density at radius 2 is 2.08 bits per heavy atom. The van der Waals surface area contributed by atoms with Crippen molar-refractivity contribution in [1.29, 1.82) is 0 Å². The summed E-state index contributed by atoms with van der Waals surface area (Å²) in [6.45, 7) is 1.50. The van der Waals surface area contributed by atoms with Crippen molar-refractivity contribution in [3.63, 3.8) is 0 Å². The van der Waals surface area contributed by atoms with E-state index in [0.29, 0.717) is 0 Å². The molecule has 0 radical (unpaired) electrons. The molecule has 1 rings (SSSR count). The molecule has 1 atom stereocenters. The monoisotopic (exact) mass is 169 g/mol. The van der Waals surface area contributed by atoms with Gasteiger partial charge in [0.15, 0.2) is 0 Å². The summed E-state index contributed by atoms with van der Waals surface area (Å²) in [7, 11) is 0. The third kappa shape index (κ3) is 1.62. The predicted molar refractivity (Wildman–Crippen MR) is 45.0 cm³/mol. The van der Waals surface area contributed by atoms with Gasteiger partial charge in [0.25, 0.3) is 0 Å². The van der Waals surface area contributed by atoms with Crippen LogP contribution in [0.15, 0.2) is 24.3 Å². The van der Waals surface area contributed by atoms with Crippen LogP contribution < -0.4 is 5.73 Å². The van der Waals surface area contributed by atoms with E-state index in [0.717, 1.165) is 0 Å². The van der Waals surface area contributed by atoms with Gasteiger partial charge >= 0.3 is 0 Å². The summed E-state index contributed by atoms with van der Waals surface area (Å²) in [4.78, 5) is 0. The van der Waals surface area contributed by atoms with Crippen LogP contribution in [0.2, 0.25) is 0 Å². The third-order valence-corrected chi connectivity index (χ3v) is 1.85. The van der Waals surface area contributed by atoms with Crippen molar-refractivity contribution in [3.05, 3.63) is 35.6 Å². The molecule has 0 aliphatic heterocycles. The Morgan fingerprint density at radius 1 is 1.50 bits per heavy atom. The topological polar surface area (TPSA) is 46.2 Å². The first-order chi connectivity index (χ1) is 5.58. The van der Waals surface area contributed by atoms with Crippen molar-refractivity contribution in [2.45, 2.75) is 12.5 Å². The average molecular weight is 169 g/mol. The van der Waals surface area contributed by atoms with Gasteiger partial charge in [-0.05, 0) is 13.0 Å². The van der Waals surface area contributed by atoms with Crippen LogP contribution >= 0.6 is 0 Å². The second-order valence-corrected chi connectivity index (χ2v) is 2.96. The van der Waals surface area contributed by atoms with Gasteiger partial charge in [0.05, 0.1) is 0 Å². The predicted octanol–water partition coefficient (Wildman–Crippen LogP) is 0.992. The second-order valence-electron chi connectivity index (χ2n) is 2.96. The van der Waals surface area contributed by atoms with E-state index in [1.54, 1.807) is 12.1 Å². The summed E-state index contributed by atoms with van der Waals surface area (Å²) in [5, 5.41) is 9.61. The zero-order chi connectivity index (χ0) is 9.19. The molecule has 0 saturated heterocycles. The minimum atomic E-state index is -1.27. The molecule has 3 heteroatoms. The summed E-state index contributed by atoms with van der Waals surface area (Å²) in [5.74, 6) is -0.423. The Kier molecular flexibility index (Phi) is 2.45. The number of benzene rings is 1. The zero-order valence-corrected chi connectivity index (χ0v) is 6.92. The van der Waals surface area contributed by atoms with E-state index in [-0.39, 0.29) is 12.1 Å². The normalized spacial score (nSPS) is 15.7. The Hall–Kier alpha value is -0.930. The summed E-state index contributed by atoms with van der Waals surface area (Å²) in [6, 6.07) is 6.08. The molecule has 0 fully saturated rings. The van der Waals surface area contributed by atoms with Crippen LogP contribution in [0, 0.1) is 5.82 Å². The Morgan fingerprint density at radius 3 is 2.58 bits per heavy atom. The van der Waals surface area contributed by atoms with Crippen molar-refractivity contribution in [2.75, 3.05) is 6.54 Å². The molecule has 66 valence electrons. The van der Waals surface area contributed by atoms with Crippen molar-refractivity contribution in [2.24, 2.45) is 5.73 Å². The van der Waals surface area contributed by atoms with E-state index < -0.39 is 11.4 Å². The highest BCUT2D eigenvalue weighted by molar-refractivity contribution is 5.23. The number of halogens is 1. The van der Waals surface area contributed by atoms with E-state index in [1.165, 1.54) is 19.1 Å². The molecule has 0 unspecified atom stereocenters. The van der Waals surface area contributed by atoms with Gasteiger partial charge in [0.2, 0.25) is 0 Å². The van der Waals surface area contributed by atoms with Crippen LogP contribution in [0.3, 0.4) is 0 Å². The lowest BCUT2D eigenvalue weighted by Gasteiger charge is -2.21. The van der Waals surface area contributed by atoms with E-state index in [9.17, 15) is 9.50 Å². The Bertz CT molecular complexity index is 273. The molecule has 2 nitrogen and oxygen atoms in total. The maximum absolute atomic E-state index is 13.1. The maximum atomic E-state index is 13.1. The fraction of sp³-hybridized carbons (Fsp3) is 0.333. The first-order valence-corrected chi connectivity index (χ1v) is 3.75. The van der Waals surface area contributed by atoms with E-state index >= 15 is 0 Å². The van der Waals surface area contributed by atoms with Crippen LogP contribution in [-0.4, -0.2) is 11.7 Å². The second kappa shape index (κ2) is 3.21. The highest BCUT2D eigenvalue weighted by atomic mass is 19.1. The van der Waals surface area contributed by atoms with Gasteiger partial charge in [-0.15, -0.1) is 0 Å². The molecule has 0 aromatic heterocycles. The smallest absolute Gasteiger partial charge is 0.129 e. The largest absolute Gasteiger partial charge is 0.384 e. The van der Waals surface area contributed by atoms with Crippen molar-refractivity contribution in [1.82, 2.24) is 0 Å². The molecule has 0 heterocycles. The number of hydrogen-bond donors (Lipinski definition) is 2. The fourth-order valence-electron chi connectivity index (χ4n) is 1.01. The molecule has 0 spiro atoms. The summed E-state index contributed by atoms with van der Waals surface area (Å²) in [5.41, 5.74) is 4.26. The van der Waals surface area contributed by atoms with Crippen LogP contribution in [0.25, 0.3) is 0 Å². The summed E-state index contributed by atoms with van der Waals surface area (Å²) in [6.07, 6.45) is 0. The lowest BCUT2D eigenvalue weighted by Crippen LogP contribution is -2.32. The van der Waals surface area contributed by atoms with Crippen LogP contribution in [-0.2, 0) is 5.60 Å². The van der Waals surface area contributed by atoms with Gasteiger partial charge in [-0.25, -0.2) is 4.39 Å². The quantitative estimate of drug-likeness (QED) is 0.693. The highest BCUT2D eigenvalue weighted by Gasteiger charge is 2.23. The van der Waals surface area contributed by atoms with Gasteiger partial charge in [-0.2, -0.15) is 0 Å². The fourth-order valence-corrected chi connectivity index (χ4v) is 1.01. The number of aliphatic hydroxyl groups is 1. The lowest BCUT2D eigenvalue weighted by atomic mass is 9.96. The number of rotatable bonds is 2. The Balaban J connectivity index is 3.10. The minimum Gasteiger partial charge on any atom is -0.384 e. The van der Waals surface area contributed by atoms with Gasteiger partial charge in [-0.1, -0.05) is 18.2 Å². The maximum Gasteiger partial charge on any atom is 0.129 e. The zero-order valence-electron chi connectivity index (χ0n) is 6.92. The molecule has 3 N–H and O–H groups in total. The van der Waals surface area contributed by atoms with Crippen LogP contribution in [0.1, 0.15) is 12.5 Å². The molecular formula is C9H12FNO. The molecule has 1 aromatic rings. The van der Waals surface area contributed by atoms with Crippen molar-refractivity contribution in [3.8, 4) is 0 Å². The average Bonchev–Trinajstić information content (AvgIpc) is 2.05. The van der Waals surface area contributed by atoms with Gasteiger partial charge in [0.1, 0.15) is 11.4 Å². The van der Waals surface area contributed by atoms with E-state index in [1.807, 2.05) is 0 Å². The molecule has 0 aliphatic carbocycles. The van der Waals surface area contributed by atoms with Crippen LogP contribution in [0.4, 0.5) is 4.39 Å². The highest BCUT2D eigenvalue weighted by Crippen LogP contribution is 2.21. The summed E-state index contributed by atoms with van der Waals surface area (Å²) < 4.78 is 13.1. The lowest BCUT2D eigenvalue weighted by molar-refractivity contribution is 0.0629. The number of hydrogen-bond acceptors (Lipinski definition) is 2. The molecule has 12 heavy (non-hydrogen) atoms. The first-order valence-electron chi connectivity index (χ1n) is 3.75. The molecular weight excluding hydrogens is 157 g/mol. The van der Waals surface area contributed by atoms with Crippen molar-refractivity contribution >= 4 is 0 Å². The SMILES string of the molecule is C[C@@](O)(CN)c1ccccc1F. The van der Waals surface area contributed by atoms with Gasteiger partial charge in [0, 0.05) is 12.1 Å². The molecule has 0 aliphatic rings. The minimum absolute atomic E-state index is 0.00787. The van der Waals surface area contributed by atoms with Gasteiger partial charge < -0.3 is 10.8 Å². The molecule has 0 bridgehead atoms. The molecule has 0 amide bonds. The summed E-state index contributed by atoms with van der Waals surface area (Å²) >= 11 is 0. The van der Waals surface area contributed by atoms with Crippen LogP contribution in [0.5, 0.6) is 0 Å². The Labute approximate surface area is 70.8 Å².